The number of carbonyl (C=O) groups excluding carboxylic acids is 1. The fraction of sp³-hybridized carbons (Fsp3) is 0.625. The van der Waals surface area contributed by atoms with E-state index in [1.165, 1.54) is 12.8 Å². The van der Waals surface area contributed by atoms with Crippen molar-refractivity contribution < 1.29 is 4.79 Å². The number of carbonyl (C=O) groups is 1. The molecule has 21 heavy (non-hydrogen) atoms. The Bertz CT molecular complexity index is 483. The minimum absolute atomic E-state index is 0.0284. The van der Waals surface area contributed by atoms with Gasteiger partial charge in [-0.05, 0) is 44.5 Å². The number of anilines is 1. The molecule has 1 fully saturated rings. The van der Waals surface area contributed by atoms with Crippen LogP contribution in [0.25, 0.3) is 0 Å². The van der Waals surface area contributed by atoms with Gasteiger partial charge in [-0.2, -0.15) is 0 Å². The molecule has 1 aliphatic rings. The molecule has 1 saturated heterocycles. The van der Waals surface area contributed by atoms with Gasteiger partial charge in [0.2, 0.25) is 0 Å². The smallest absolute Gasteiger partial charge is 0.253 e. The largest absolute Gasteiger partial charge is 0.384 e. The lowest BCUT2D eigenvalue weighted by atomic mass is 10.1. The fourth-order valence-corrected chi connectivity index (χ4v) is 2.74. The number of hydrogen-bond donors (Lipinski definition) is 1. The average molecular weight is 290 g/mol. The summed E-state index contributed by atoms with van der Waals surface area (Å²) in [6.45, 7) is 6.11. The van der Waals surface area contributed by atoms with Crippen LogP contribution in [0.15, 0.2) is 12.1 Å². The van der Waals surface area contributed by atoms with Crippen molar-refractivity contribution in [3.05, 3.63) is 23.4 Å². The minimum Gasteiger partial charge on any atom is -0.384 e. The first-order valence-electron chi connectivity index (χ1n) is 7.84. The van der Waals surface area contributed by atoms with E-state index >= 15 is 0 Å². The highest BCUT2D eigenvalue weighted by molar-refractivity contribution is 5.94. The van der Waals surface area contributed by atoms with Crippen molar-refractivity contribution in [2.24, 2.45) is 0 Å². The Morgan fingerprint density at radius 2 is 2.10 bits per heavy atom. The van der Waals surface area contributed by atoms with Crippen LogP contribution in [0.2, 0.25) is 0 Å². The molecule has 0 saturated carbocycles. The number of nitrogen functional groups attached to an aromatic ring is 1. The van der Waals surface area contributed by atoms with Crippen LogP contribution in [0.4, 0.5) is 5.82 Å². The van der Waals surface area contributed by atoms with Crippen molar-refractivity contribution in [3.8, 4) is 0 Å². The number of nitrogens with zero attached hydrogens (tertiary/aromatic N) is 3. The van der Waals surface area contributed by atoms with Gasteiger partial charge in [-0.25, -0.2) is 4.98 Å². The number of nitrogens with two attached hydrogens (primary N) is 1. The third-order valence-corrected chi connectivity index (χ3v) is 3.95. The molecular weight excluding hydrogens is 264 g/mol. The zero-order valence-electron chi connectivity index (χ0n) is 13.1. The van der Waals surface area contributed by atoms with E-state index in [9.17, 15) is 4.79 Å². The highest BCUT2D eigenvalue weighted by Gasteiger charge is 2.16. The maximum atomic E-state index is 12.5. The molecule has 0 radical (unpaired) electrons. The number of likely N-dealkylation sites (N-methyl/N-ethyl adjacent to an activating group) is 1. The standard InChI is InChI=1S/C16H26N4O/c1-3-6-14-11-13(12-15(17)18-14)16(21)19(2)9-10-20-7-4-5-8-20/h11-12H,3-10H2,1-2H3,(H2,17,18). The highest BCUT2D eigenvalue weighted by atomic mass is 16.2. The predicted molar refractivity (Wildman–Crippen MR) is 85.3 cm³/mol. The van der Waals surface area contributed by atoms with Gasteiger partial charge in [0, 0.05) is 31.4 Å². The van der Waals surface area contributed by atoms with Crippen LogP contribution in [-0.2, 0) is 6.42 Å². The fourth-order valence-electron chi connectivity index (χ4n) is 2.74. The number of aromatic nitrogens is 1. The van der Waals surface area contributed by atoms with Gasteiger partial charge in [0.25, 0.3) is 5.91 Å². The molecule has 0 atom stereocenters. The van der Waals surface area contributed by atoms with Crippen molar-refractivity contribution in [2.45, 2.75) is 32.6 Å². The third-order valence-electron chi connectivity index (χ3n) is 3.95. The second kappa shape index (κ2) is 7.41. The second-order valence-electron chi connectivity index (χ2n) is 5.80. The molecule has 2 N–H and O–H groups in total. The van der Waals surface area contributed by atoms with E-state index in [0.717, 1.165) is 44.7 Å². The minimum atomic E-state index is 0.0284. The molecule has 1 aromatic rings. The maximum absolute atomic E-state index is 12.5. The Balaban J connectivity index is 1.97. The van der Waals surface area contributed by atoms with Gasteiger partial charge in [0.05, 0.1) is 0 Å². The van der Waals surface area contributed by atoms with Gasteiger partial charge >= 0.3 is 0 Å². The van der Waals surface area contributed by atoms with Crippen LogP contribution in [0.1, 0.15) is 42.2 Å². The summed E-state index contributed by atoms with van der Waals surface area (Å²) in [6.07, 6.45) is 4.40. The van der Waals surface area contributed by atoms with E-state index in [2.05, 4.69) is 16.8 Å². The van der Waals surface area contributed by atoms with Crippen LogP contribution in [0.5, 0.6) is 0 Å². The number of pyridine rings is 1. The van der Waals surface area contributed by atoms with Gasteiger partial charge in [0.15, 0.2) is 0 Å². The molecule has 0 aliphatic carbocycles. The summed E-state index contributed by atoms with van der Waals surface area (Å²) in [5.74, 6) is 0.456. The number of aryl methyl sites for hydroxylation is 1. The summed E-state index contributed by atoms with van der Waals surface area (Å²) in [7, 11) is 1.86. The predicted octanol–water partition coefficient (Wildman–Crippen LogP) is 1.78. The first kappa shape index (κ1) is 15.8. The van der Waals surface area contributed by atoms with Crippen molar-refractivity contribution >= 4 is 11.7 Å². The molecule has 116 valence electrons. The first-order chi connectivity index (χ1) is 10.1. The normalized spacial score (nSPS) is 15.3. The van der Waals surface area contributed by atoms with Gasteiger partial charge in [-0.1, -0.05) is 13.3 Å². The Morgan fingerprint density at radius 3 is 2.76 bits per heavy atom. The van der Waals surface area contributed by atoms with Crippen LogP contribution < -0.4 is 5.73 Å². The summed E-state index contributed by atoms with van der Waals surface area (Å²) >= 11 is 0. The molecule has 0 aromatic carbocycles. The van der Waals surface area contributed by atoms with E-state index < -0.39 is 0 Å². The van der Waals surface area contributed by atoms with Gasteiger partial charge in [-0.3, -0.25) is 4.79 Å². The van der Waals surface area contributed by atoms with Crippen molar-refractivity contribution in [1.82, 2.24) is 14.8 Å². The molecule has 0 spiro atoms. The topological polar surface area (TPSA) is 62.5 Å². The average Bonchev–Trinajstić information content (AvgIpc) is 2.97. The number of rotatable bonds is 6. The number of amides is 1. The zero-order chi connectivity index (χ0) is 15.2. The Labute approximate surface area is 127 Å². The van der Waals surface area contributed by atoms with Crippen LogP contribution >= 0.6 is 0 Å². The molecule has 1 aliphatic heterocycles. The van der Waals surface area contributed by atoms with Gasteiger partial charge in [-0.15, -0.1) is 0 Å². The van der Waals surface area contributed by atoms with Crippen molar-refractivity contribution in [2.75, 3.05) is 39.0 Å². The third kappa shape index (κ3) is 4.43. The monoisotopic (exact) mass is 290 g/mol. The molecule has 0 unspecified atom stereocenters. The quantitative estimate of drug-likeness (QED) is 0.867. The maximum Gasteiger partial charge on any atom is 0.253 e. The summed E-state index contributed by atoms with van der Waals surface area (Å²) in [6, 6.07) is 3.54. The van der Waals surface area contributed by atoms with E-state index in [-0.39, 0.29) is 5.91 Å². The number of likely N-dealkylation sites (tertiary alicyclic amines) is 1. The highest BCUT2D eigenvalue weighted by Crippen LogP contribution is 2.12. The number of hydrogen-bond acceptors (Lipinski definition) is 4. The second-order valence-corrected chi connectivity index (χ2v) is 5.80. The van der Waals surface area contributed by atoms with E-state index in [1.807, 2.05) is 13.1 Å². The molecule has 1 aromatic heterocycles. The Kier molecular flexibility index (Phi) is 5.56. The zero-order valence-corrected chi connectivity index (χ0v) is 13.1. The van der Waals surface area contributed by atoms with Gasteiger partial charge in [0.1, 0.15) is 5.82 Å². The van der Waals surface area contributed by atoms with E-state index in [1.54, 1.807) is 11.0 Å². The van der Waals surface area contributed by atoms with Crippen molar-refractivity contribution in [3.63, 3.8) is 0 Å². The van der Waals surface area contributed by atoms with Crippen LogP contribution in [-0.4, -0.2) is 53.9 Å². The lowest BCUT2D eigenvalue weighted by Crippen LogP contribution is -2.35. The molecule has 2 rings (SSSR count). The molecule has 0 bridgehead atoms. The van der Waals surface area contributed by atoms with E-state index in [0.29, 0.717) is 11.4 Å². The SMILES string of the molecule is CCCc1cc(C(=O)N(C)CCN2CCCC2)cc(N)n1. The first-order valence-corrected chi connectivity index (χ1v) is 7.84. The Hall–Kier alpha value is -1.62. The lowest BCUT2D eigenvalue weighted by Gasteiger charge is -2.21. The van der Waals surface area contributed by atoms with Gasteiger partial charge < -0.3 is 15.5 Å². The summed E-state index contributed by atoms with van der Waals surface area (Å²) in [5, 5.41) is 0. The molecule has 2 heterocycles. The lowest BCUT2D eigenvalue weighted by molar-refractivity contribution is 0.0782. The molecule has 1 amide bonds. The molecular formula is C16H26N4O. The van der Waals surface area contributed by atoms with Crippen LogP contribution in [0.3, 0.4) is 0 Å². The molecule has 5 nitrogen and oxygen atoms in total. The van der Waals surface area contributed by atoms with E-state index in [4.69, 9.17) is 5.73 Å². The van der Waals surface area contributed by atoms with Crippen LogP contribution in [0, 0.1) is 0 Å². The summed E-state index contributed by atoms with van der Waals surface area (Å²) in [5.41, 5.74) is 7.36. The molecule has 5 heteroatoms. The summed E-state index contributed by atoms with van der Waals surface area (Å²) in [4.78, 5) is 20.9. The Morgan fingerprint density at radius 1 is 1.38 bits per heavy atom. The summed E-state index contributed by atoms with van der Waals surface area (Å²) < 4.78 is 0. The van der Waals surface area contributed by atoms with Crippen molar-refractivity contribution in [1.29, 1.82) is 0 Å².